The van der Waals surface area contributed by atoms with Crippen LogP contribution in [0.5, 0.6) is 5.75 Å². The van der Waals surface area contributed by atoms with Crippen LogP contribution in [0.25, 0.3) is 22.3 Å². The van der Waals surface area contributed by atoms with Crippen molar-refractivity contribution in [1.29, 1.82) is 0 Å². The molecule has 2 aromatic heterocycles. The molecule has 6 nitrogen and oxygen atoms in total. The summed E-state index contributed by atoms with van der Waals surface area (Å²) >= 11 is 0. The third-order valence-electron chi connectivity index (χ3n) is 5.33. The molecule has 0 saturated carbocycles. The molecule has 0 spiro atoms. The largest absolute Gasteiger partial charge is 0.494 e. The number of hydrogen-bond donors (Lipinski definition) is 0. The van der Waals surface area contributed by atoms with E-state index in [-0.39, 0.29) is 11.5 Å². The average molecular weight is 430 g/mol. The number of ether oxygens (including phenoxy) is 1. The molecule has 0 atom stereocenters. The van der Waals surface area contributed by atoms with E-state index >= 15 is 0 Å². The molecule has 0 aliphatic carbocycles. The van der Waals surface area contributed by atoms with Crippen LogP contribution in [0.2, 0.25) is 0 Å². The number of aromatic nitrogens is 2. The van der Waals surface area contributed by atoms with E-state index in [0.29, 0.717) is 29.1 Å². The van der Waals surface area contributed by atoms with Gasteiger partial charge in [0.05, 0.1) is 23.7 Å². The standard InChI is InChI=1S/C26H27N3O3/c1-6-31-24-13-17(4)22(14-21(24)16(2)3)25-28-23-10-8-7-9-20(23)26(30)29(25)27-15-19-12-11-18(5)32-19/h7-16H,6H2,1-5H3. The Bertz CT molecular complexity index is 1360. The van der Waals surface area contributed by atoms with Crippen LogP contribution in [-0.4, -0.2) is 22.5 Å². The van der Waals surface area contributed by atoms with Gasteiger partial charge < -0.3 is 9.15 Å². The minimum Gasteiger partial charge on any atom is -0.494 e. The minimum atomic E-state index is -0.232. The molecule has 0 radical (unpaired) electrons. The highest BCUT2D eigenvalue weighted by atomic mass is 16.5. The second kappa shape index (κ2) is 8.83. The molecule has 0 amide bonds. The Morgan fingerprint density at radius 3 is 2.62 bits per heavy atom. The van der Waals surface area contributed by atoms with Gasteiger partial charge in [-0.3, -0.25) is 4.79 Å². The molecule has 32 heavy (non-hydrogen) atoms. The molecule has 0 fully saturated rings. The fraction of sp³-hybridized carbons (Fsp3) is 0.269. The van der Waals surface area contributed by atoms with Gasteiger partial charge in [-0.2, -0.15) is 9.78 Å². The third kappa shape index (κ3) is 4.08. The summed E-state index contributed by atoms with van der Waals surface area (Å²) in [5.74, 6) is 2.93. The van der Waals surface area contributed by atoms with E-state index < -0.39 is 0 Å². The highest BCUT2D eigenvalue weighted by Crippen LogP contribution is 2.34. The quantitative estimate of drug-likeness (QED) is 0.370. The number of rotatable bonds is 6. The van der Waals surface area contributed by atoms with Crippen molar-refractivity contribution < 1.29 is 9.15 Å². The van der Waals surface area contributed by atoms with Crippen LogP contribution < -0.4 is 10.3 Å². The SMILES string of the molecule is CCOc1cc(C)c(-c2nc3ccccc3c(=O)n2N=Cc2ccc(C)o2)cc1C(C)C. The summed E-state index contributed by atoms with van der Waals surface area (Å²) in [5.41, 5.74) is 3.26. The first-order chi connectivity index (χ1) is 15.4. The first kappa shape index (κ1) is 21.6. The lowest BCUT2D eigenvalue weighted by Crippen LogP contribution is -2.20. The Labute approximate surface area is 187 Å². The average Bonchev–Trinajstić information content (AvgIpc) is 3.18. The van der Waals surface area contributed by atoms with E-state index in [1.165, 1.54) is 4.68 Å². The second-order valence-electron chi connectivity index (χ2n) is 8.06. The topological polar surface area (TPSA) is 69.6 Å². The van der Waals surface area contributed by atoms with Crippen molar-refractivity contribution in [2.24, 2.45) is 5.10 Å². The maximum Gasteiger partial charge on any atom is 0.282 e. The maximum absolute atomic E-state index is 13.4. The second-order valence-corrected chi connectivity index (χ2v) is 8.06. The van der Waals surface area contributed by atoms with Crippen LogP contribution in [0.15, 0.2) is 62.8 Å². The predicted molar refractivity (Wildman–Crippen MR) is 128 cm³/mol. The fourth-order valence-corrected chi connectivity index (χ4v) is 3.71. The van der Waals surface area contributed by atoms with Gasteiger partial charge in [0.15, 0.2) is 5.82 Å². The van der Waals surface area contributed by atoms with E-state index in [9.17, 15) is 4.79 Å². The van der Waals surface area contributed by atoms with Crippen LogP contribution in [0, 0.1) is 13.8 Å². The van der Waals surface area contributed by atoms with Crippen LogP contribution in [0.1, 0.15) is 49.3 Å². The van der Waals surface area contributed by atoms with Gasteiger partial charge in [-0.05, 0) is 74.2 Å². The molecule has 0 aliphatic rings. The molecule has 164 valence electrons. The number of benzene rings is 2. The Hall–Kier alpha value is -3.67. The summed E-state index contributed by atoms with van der Waals surface area (Å²) in [6.45, 7) is 10.7. The van der Waals surface area contributed by atoms with E-state index in [0.717, 1.165) is 28.2 Å². The number of nitrogens with zero attached hydrogens (tertiary/aromatic N) is 3. The molecular formula is C26H27N3O3. The Morgan fingerprint density at radius 1 is 1.16 bits per heavy atom. The summed E-state index contributed by atoms with van der Waals surface area (Å²) in [7, 11) is 0. The number of aryl methyl sites for hydroxylation is 2. The number of fused-ring (bicyclic) bond motifs is 1. The van der Waals surface area contributed by atoms with E-state index in [4.69, 9.17) is 14.1 Å². The van der Waals surface area contributed by atoms with Crippen LogP contribution in [0.4, 0.5) is 0 Å². The number of hydrogen-bond acceptors (Lipinski definition) is 5. The van der Waals surface area contributed by atoms with Crippen molar-refractivity contribution in [3.8, 4) is 17.1 Å². The molecule has 4 rings (SSSR count). The van der Waals surface area contributed by atoms with Gasteiger partial charge in [0.2, 0.25) is 0 Å². The molecule has 0 saturated heterocycles. The van der Waals surface area contributed by atoms with E-state index in [1.54, 1.807) is 12.3 Å². The molecule has 0 unspecified atom stereocenters. The van der Waals surface area contributed by atoms with Crippen molar-refractivity contribution in [2.45, 2.75) is 40.5 Å². The zero-order valence-electron chi connectivity index (χ0n) is 19.0. The minimum absolute atomic E-state index is 0.232. The molecule has 0 N–H and O–H groups in total. The van der Waals surface area contributed by atoms with Gasteiger partial charge in [-0.15, -0.1) is 0 Å². The summed E-state index contributed by atoms with van der Waals surface area (Å²) in [6, 6.07) is 15.1. The van der Waals surface area contributed by atoms with Gasteiger partial charge in [0.1, 0.15) is 17.3 Å². The zero-order valence-corrected chi connectivity index (χ0v) is 19.0. The van der Waals surface area contributed by atoms with Crippen molar-refractivity contribution in [2.75, 3.05) is 6.61 Å². The Balaban J connectivity index is 1.98. The van der Waals surface area contributed by atoms with E-state index in [2.05, 4.69) is 25.0 Å². The number of furan rings is 1. The van der Waals surface area contributed by atoms with Crippen molar-refractivity contribution in [3.05, 3.63) is 81.5 Å². The van der Waals surface area contributed by atoms with Crippen molar-refractivity contribution >= 4 is 17.1 Å². The summed E-state index contributed by atoms with van der Waals surface area (Å²) in [4.78, 5) is 18.2. The zero-order chi connectivity index (χ0) is 22.8. The Kier molecular flexibility index (Phi) is 5.95. The lowest BCUT2D eigenvalue weighted by molar-refractivity contribution is 0.335. The Morgan fingerprint density at radius 2 is 1.94 bits per heavy atom. The summed E-state index contributed by atoms with van der Waals surface area (Å²) in [6.07, 6.45) is 1.54. The molecular weight excluding hydrogens is 402 g/mol. The molecule has 0 aliphatic heterocycles. The van der Waals surface area contributed by atoms with Gasteiger partial charge in [-0.1, -0.05) is 26.0 Å². The van der Waals surface area contributed by atoms with Crippen molar-refractivity contribution in [1.82, 2.24) is 9.66 Å². The predicted octanol–water partition coefficient (Wildman–Crippen LogP) is 5.68. The molecule has 6 heteroatoms. The van der Waals surface area contributed by atoms with E-state index in [1.807, 2.05) is 57.2 Å². The van der Waals surface area contributed by atoms with Gasteiger partial charge in [0.25, 0.3) is 5.56 Å². The summed E-state index contributed by atoms with van der Waals surface area (Å²) in [5, 5.41) is 4.99. The molecule has 2 aromatic carbocycles. The first-order valence-electron chi connectivity index (χ1n) is 10.8. The van der Waals surface area contributed by atoms with Crippen LogP contribution in [-0.2, 0) is 0 Å². The monoisotopic (exact) mass is 429 g/mol. The van der Waals surface area contributed by atoms with Crippen LogP contribution >= 0.6 is 0 Å². The van der Waals surface area contributed by atoms with Crippen LogP contribution in [0.3, 0.4) is 0 Å². The highest BCUT2D eigenvalue weighted by Gasteiger charge is 2.18. The maximum atomic E-state index is 13.4. The molecule has 0 bridgehead atoms. The van der Waals surface area contributed by atoms with Gasteiger partial charge in [-0.25, -0.2) is 4.98 Å². The van der Waals surface area contributed by atoms with Crippen molar-refractivity contribution in [3.63, 3.8) is 0 Å². The molecule has 4 aromatic rings. The first-order valence-corrected chi connectivity index (χ1v) is 10.8. The normalized spacial score (nSPS) is 11.7. The van der Waals surface area contributed by atoms with Gasteiger partial charge in [0, 0.05) is 5.56 Å². The molecule has 2 heterocycles. The smallest absolute Gasteiger partial charge is 0.282 e. The summed E-state index contributed by atoms with van der Waals surface area (Å²) < 4.78 is 12.8. The lowest BCUT2D eigenvalue weighted by atomic mass is 9.96. The highest BCUT2D eigenvalue weighted by molar-refractivity contribution is 5.81. The van der Waals surface area contributed by atoms with Gasteiger partial charge >= 0.3 is 0 Å². The third-order valence-corrected chi connectivity index (χ3v) is 5.33. The number of para-hydroxylation sites is 1. The fourth-order valence-electron chi connectivity index (χ4n) is 3.71. The lowest BCUT2D eigenvalue weighted by Gasteiger charge is -2.18.